The molecule has 2 aromatic carbocycles. The standard InChI is InChI=1S/C16H11BrS/c17-14-8-5-12(6-9-14)7-10-15-11-13-3-1-2-4-16(13)18-15/h1-11H/b10-7+. The van der Waals surface area contributed by atoms with Crippen LogP contribution in [0.2, 0.25) is 0 Å². The topological polar surface area (TPSA) is 0 Å². The number of halogens is 1. The van der Waals surface area contributed by atoms with E-state index >= 15 is 0 Å². The first-order valence-corrected chi connectivity index (χ1v) is 7.34. The molecule has 3 rings (SSSR count). The predicted octanol–water partition coefficient (Wildman–Crippen LogP) is 5.83. The lowest BCUT2D eigenvalue weighted by Gasteiger charge is -1.92. The van der Waals surface area contributed by atoms with E-state index in [1.165, 1.54) is 20.5 Å². The van der Waals surface area contributed by atoms with Gasteiger partial charge in [-0.05, 0) is 41.3 Å². The molecule has 0 aliphatic heterocycles. The second-order valence-corrected chi connectivity index (χ2v) is 6.10. The smallest absolute Gasteiger partial charge is 0.0349 e. The van der Waals surface area contributed by atoms with Gasteiger partial charge in [0.1, 0.15) is 0 Å². The van der Waals surface area contributed by atoms with E-state index < -0.39 is 0 Å². The van der Waals surface area contributed by atoms with Crippen molar-refractivity contribution in [1.82, 2.24) is 0 Å². The summed E-state index contributed by atoms with van der Waals surface area (Å²) in [7, 11) is 0. The van der Waals surface area contributed by atoms with Gasteiger partial charge in [0.25, 0.3) is 0 Å². The third-order valence-electron chi connectivity index (χ3n) is 2.75. The summed E-state index contributed by atoms with van der Waals surface area (Å²) >= 11 is 5.27. The highest BCUT2D eigenvalue weighted by Crippen LogP contribution is 2.26. The van der Waals surface area contributed by atoms with Gasteiger partial charge in [-0.1, -0.05) is 52.3 Å². The molecule has 0 fully saturated rings. The maximum absolute atomic E-state index is 3.44. The monoisotopic (exact) mass is 314 g/mol. The first-order chi connectivity index (χ1) is 8.81. The number of hydrogen-bond acceptors (Lipinski definition) is 1. The molecule has 88 valence electrons. The fourth-order valence-corrected chi connectivity index (χ4v) is 3.07. The van der Waals surface area contributed by atoms with E-state index in [4.69, 9.17) is 0 Å². The zero-order valence-corrected chi connectivity index (χ0v) is 12.0. The molecule has 0 atom stereocenters. The fraction of sp³-hybridized carbons (Fsp3) is 0. The lowest BCUT2D eigenvalue weighted by atomic mass is 10.2. The van der Waals surface area contributed by atoms with Crippen LogP contribution in [-0.2, 0) is 0 Å². The van der Waals surface area contributed by atoms with Crippen LogP contribution < -0.4 is 0 Å². The Hall–Kier alpha value is -1.38. The Labute approximate surface area is 119 Å². The van der Waals surface area contributed by atoms with Crippen LogP contribution in [0.4, 0.5) is 0 Å². The van der Waals surface area contributed by atoms with Crippen molar-refractivity contribution in [1.29, 1.82) is 0 Å². The molecule has 0 bridgehead atoms. The zero-order chi connectivity index (χ0) is 12.4. The molecule has 0 aliphatic rings. The van der Waals surface area contributed by atoms with E-state index in [1.807, 2.05) is 11.3 Å². The molecule has 0 saturated carbocycles. The average Bonchev–Trinajstić information content (AvgIpc) is 2.81. The molecule has 0 N–H and O–H groups in total. The lowest BCUT2D eigenvalue weighted by molar-refractivity contribution is 1.62. The highest BCUT2D eigenvalue weighted by Gasteiger charge is 1.97. The van der Waals surface area contributed by atoms with Crippen LogP contribution in [0.15, 0.2) is 59.1 Å². The van der Waals surface area contributed by atoms with Crippen molar-refractivity contribution < 1.29 is 0 Å². The maximum Gasteiger partial charge on any atom is 0.0349 e. The molecule has 0 aliphatic carbocycles. The van der Waals surface area contributed by atoms with Crippen molar-refractivity contribution in [3.63, 3.8) is 0 Å². The van der Waals surface area contributed by atoms with Crippen molar-refractivity contribution in [3.8, 4) is 0 Å². The van der Waals surface area contributed by atoms with Crippen LogP contribution in [0.25, 0.3) is 22.2 Å². The van der Waals surface area contributed by atoms with Gasteiger partial charge in [0.15, 0.2) is 0 Å². The molecule has 18 heavy (non-hydrogen) atoms. The lowest BCUT2D eigenvalue weighted by Crippen LogP contribution is -1.69. The van der Waals surface area contributed by atoms with Crippen LogP contribution in [0.5, 0.6) is 0 Å². The minimum absolute atomic E-state index is 1.11. The van der Waals surface area contributed by atoms with Gasteiger partial charge >= 0.3 is 0 Å². The average molecular weight is 315 g/mol. The fourth-order valence-electron chi connectivity index (χ4n) is 1.84. The third-order valence-corrected chi connectivity index (χ3v) is 4.36. The van der Waals surface area contributed by atoms with Crippen molar-refractivity contribution in [2.45, 2.75) is 0 Å². The first-order valence-electron chi connectivity index (χ1n) is 5.73. The number of benzene rings is 2. The number of thiophene rings is 1. The molecular weight excluding hydrogens is 304 g/mol. The summed E-state index contributed by atoms with van der Waals surface area (Å²) in [6.07, 6.45) is 4.32. The minimum atomic E-state index is 1.11. The number of fused-ring (bicyclic) bond motifs is 1. The summed E-state index contributed by atoms with van der Waals surface area (Å²) in [5.74, 6) is 0. The summed E-state index contributed by atoms with van der Waals surface area (Å²) in [5.41, 5.74) is 1.22. The predicted molar refractivity (Wildman–Crippen MR) is 84.9 cm³/mol. The molecule has 0 amide bonds. The van der Waals surface area contributed by atoms with Gasteiger partial charge in [0.05, 0.1) is 0 Å². The van der Waals surface area contributed by atoms with Crippen molar-refractivity contribution in [2.75, 3.05) is 0 Å². The number of rotatable bonds is 2. The zero-order valence-electron chi connectivity index (χ0n) is 9.64. The Morgan fingerprint density at radius 1 is 0.889 bits per heavy atom. The second-order valence-electron chi connectivity index (χ2n) is 4.07. The van der Waals surface area contributed by atoms with Crippen LogP contribution in [0.1, 0.15) is 10.4 Å². The van der Waals surface area contributed by atoms with Crippen LogP contribution in [-0.4, -0.2) is 0 Å². The van der Waals surface area contributed by atoms with E-state index in [0.717, 1.165) is 4.47 Å². The van der Waals surface area contributed by atoms with Gasteiger partial charge in [0, 0.05) is 14.0 Å². The Bertz CT molecular complexity index is 659. The first kappa shape index (κ1) is 11.7. The van der Waals surface area contributed by atoms with E-state index in [2.05, 4.69) is 82.7 Å². The van der Waals surface area contributed by atoms with Crippen LogP contribution in [0, 0.1) is 0 Å². The summed E-state index contributed by atoms with van der Waals surface area (Å²) in [5, 5.41) is 1.32. The van der Waals surface area contributed by atoms with Crippen LogP contribution >= 0.6 is 27.3 Å². The van der Waals surface area contributed by atoms with Gasteiger partial charge in [-0.15, -0.1) is 11.3 Å². The summed E-state index contributed by atoms with van der Waals surface area (Å²) in [6, 6.07) is 19.0. The Morgan fingerprint density at radius 3 is 2.44 bits per heavy atom. The highest BCUT2D eigenvalue weighted by atomic mass is 79.9. The quantitative estimate of drug-likeness (QED) is 0.558. The maximum atomic E-state index is 3.44. The SMILES string of the molecule is Brc1ccc(/C=C/c2cc3ccccc3s2)cc1. The molecular formula is C16H11BrS. The Balaban J connectivity index is 1.89. The molecule has 0 saturated heterocycles. The molecule has 3 aromatic rings. The molecule has 1 aromatic heterocycles. The van der Waals surface area contributed by atoms with Crippen molar-refractivity contribution >= 4 is 49.5 Å². The summed E-state index contributed by atoms with van der Waals surface area (Å²) in [6.45, 7) is 0. The van der Waals surface area contributed by atoms with Gasteiger partial charge in [-0.25, -0.2) is 0 Å². The normalized spacial score (nSPS) is 11.4. The van der Waals surface area contributed by atoms with Gasteiger partial charge < -0.3 is 0 Å². The van der Waals surface area contributed by atoms with Gasteiger partial charge in [0.2, 0.25) is 0 Å². The minimum Gasteiger partial charge on any atom is -0.136 e. The van der Waals surface area contributed by atoms with E-state index in [1.54, 1.807) is 0 Å². The molecule has 0 spiro atoms. The summed E-state index contributed by atoms with van der Waals surface area (Å²) in [4.78, 5) is 1.29. The molecule has 2 heteroatoms. The third kappa shape index (κ3) is 2.55. The Morgan fingerprint density at radius 2 is 1.67 bits per heavy atom. The molecule has 0 unspecified atom stereocenters. The van der Waals surface area contributed by atoms with Crippen molar-refractivity contribution in [2.24, 2.45) is 0 Å². The van der Waals surface area contributed by atoms with Gasteiger partial charge in [-0.2, -0.15) is 0 Å². The molecule has 1 heterocycles. The van der Waals surface area contributed by atoms with Crippen molar-refractivity contribution in [3.05, 3.63) is 69.5 Å². The Kier molecular flexibility index (Phi) is 3.31. The largest absolute Gasteiger partial charge is 0.136 e. The molecule has 0 nitrogen and oxygen atoms in total. The van der Waals surface area contributed by atoms with Gasteiger partial charge in [-0.3, -0.25) is 0 Å². The second kappa shape index (κ2) is 5.09. The van der Waals surface area contributed by atoms with E-state index in [0.29, 0.717) is 0 Å². The highest BCUT2D eigenvalue weighted by molar-refractivity contribution is 9.10. The summed E-state index contributed by atoms with van der Waals surface area (Å²) < 4.78 is 2.45. The van der Waals surface area contributed by atoms with E-state index in [9.17, 15) is 0 Å². The van der Waals surface area contributed by atoms with Crippen LogP contribution in [0.3, 0.4) is 0 Å². The van der Waals surface area contributed by atoms with E-state index in [-0.39, 0.29) is 0 Å². The number of hydrogen-bond donors (Lipinski definition) is 0. The molecule has 0 radical (unpaired) electrons.